The zero-order valence-corrected chi connectivity index (χ0v) is 22.8. The minimum atomic E-state index is -0.0751. The van der Waals surface area contributed by atoms with Gasteiger partial charge in [-0.15, -0.1) is 0 Å². The summed E-state index contributed by atoms with van der Waals surface area (Å²) >= 11 is 6.54. The highest BCUT2D eigenvalue weighted by Crippen LogP contribution is 2.39. The molecule has 202 valence electrons. The number of hydrogen-bond acceptors (Lipinski definition) is 5. The number of carbonyl (C=O) groups is 2. The van der Waals surface area contributed by atoms with Crippen LogP contribution in [0.15, 0.2) is 61.3 Å². The van der Waals surface area contributed by atoms with Crippen molar-refractivity contribution in [3.05, 3.63) is 71.9 Å². The van der Waals surface area contributed by atoms with E-state index in [4.69, 9.17) is 21.1 Å². The summed E-state index contributed by atoms with van der Waals surface area (Å²) in [5.41, 5.74) is 3.35. The predicted octanol–water partition coefficient (Wildman–Crippen LogP) is 7.01. The summed E-state index contributed by atoms with van der Waals surface area (Å²) in [6.45, 7) is 4.70. The lowest BCUT2D eigenvalue weighted by atomic mass is 9.88. The summed E-state index contributed by atoms with van der Waals surface area (Å²) in [6, 6.07) is 11.0. The summed E-state index contributed by atoms with van der Waals surface area (Å²) in [5.74, 6) is 1.89. The highest BCUT2D eigenvalue weighted by molar-refractivity contribution is 6.33. The van der Waals surface area contributed by atoms with E-state index in [2.05, 4.69) is 16.9 Å². The maximum atomic E-state index is 12.7. The molecule has 1 fully saturated rings. The second-order valence-corrected chi connectivity index (χ2v) is 10.3. The van der Waals surface area contributed by atoms with Crippen LogP contribution < -0.4 is 14.8 Å². The van der Waals surface area contributed by atoms with Crippen LogP contribution in [0.3, 0.4) is 0 Å². The van der Waals surface area contributed by atoms with Crippen molar-refractivity contribution < 1.29 is 19.1 Å². The van der Waals surface area contributed by atoms with E-state index in [0.717, 1.165) is 47.7 Å². The Morgan fingerprint density at radius 1 is 1.13 bits per heavy atom. The largest absolute Gasteiger partial charge is 0.496 e. The first-order valence-corrected chi connectivity index (χ1v) is 13.7. The maximum absolute atomic E-state index is 12.7. The van der Waals surface area contributed by atoms with Gasteiger partial charge in [-0.1, -0.05) is 43.5 Å². The number of rotatable bonds is 7. The van der Waals surface area contributed by atoms with Crippen LogP contribution in [0.1, 0.15) is 44.1 Å². The third-order valence-corrected chi connectivity index (χ3v) is 7.78. The number of hydrogen-bond donors (Lipinski definition) is 1. The van der Waals surface area contributed by atoms with Gasteiger partial charge in [-0.05, 0) is 55.2 Å². The Labute approximate surface area is 233 Å². The molecule has 0 spiro atoms. The second kappa shape index (κ2) is 11.9. The molecular weight excluding hydrogens is 514 g/mol. The van der Waals surface area contributed by atoms with Crippen LogP contribution in [-0.2, 0) is 9.59 Å². The fourth-order valence-electron chi connectivity index (χ4n) is 5.29. The van der Waals surface area contributed by atoms with Crippen LogP contribution in [0.2, 0.25) is 5.02 Å². The van der Waals surface area contributed by atoms with Gasteiger partial charge >= 0.3 is 0 Å². The molecule has 2 aliphatic rings. The topological polar surface area (TPSA) is 80.8 Å². The first kappa shape index (κ1) is 26.8. The Morgan fingerprint density at radius 3 is 2.64 bits per heavy atom. The Kier molecular flexibility index (Phi) is 8.17. The number of anilines is 1. The van der Waals surface area contributed by atoms with Crippen molar-refractivity contribution in [2.24, 2.45) is 5.92 Å². The van der Waals surface area contributed by atoms with Gasteiger partial charge in [0.15, 0.2) is 0 Å². The lowest BCUT2D eigenvalue weighted by Crippen LogP contribution is -2.33. The lowest BCUT2D eigenvalue weighted by Gasteiger charge is -2.26. The molecule has 0 unspecified atom stereocenters. The van der Waals surface area contributed by atoms with E-state index in [-0.39, 0.29) is 17.7 Å². The summed E-state index contributed by atoms with van der Waals surface area (Å²) in [6.07, 6.45) is 11.0. The van der Waals surface area contributed by atoms with E-state index in [9.17, 15) is 9.59 Å². The predicted molar refractivity (Wildman–Crippen MR) is 154 cm³/mol. The highest BCUT2D eigenvalue weighted by Gasteiger charge is 2.22. The van der Waals surface area contributed by atoms with Gasteiger partial charge in [0.25, 0.3) is 0 Å². The van der Waals surface area contributed by atoms with Crippen molar-refractivity contribution in [2.45, 2.75) is 38.5 Å². The summed E-state index contributed by atoms with van der Waals surface area (Å²) in [4.78, 5) is 30.9. The van der Waals surface area contributed by atoms with Gasteiger partial charge < -0.3 is 19.7 Å². The molecule has 1 N–H and O–H groups in total. The number of methoxy groups -OCH3 is 1. The Bertz CT molecular complexity index is 1450. The van der Waals surface area contributed by atoms with E-state index in [1.165, 1.54) is 12.5 Å². The van der Waals surface area contributed by atoms with Crippen molar-refractivity contribution >= 4 is 45.6 Å². The molecule has 2 heterocycles. The number of fused-ring (bicyclic) bond motifs is 1. The molecule has 7 nitrogen and oxygen atoms in total. The Hall–Kier alpha value is -3.84. The number of amides is 2. The van der Waals surface area contributed by atoms with E-state index < -0.39 is 0 Å². The van der Waals surface area contributed by atoms with Gasteiger partial charge in [-0.25, -0.2) is 0 Å². The van der Waals surface area contributed by atoms with Gasteiger partial charge in [-0.3, -0.25) is 14.6 Å². The molecule has 1 saturated carbocycles. The van der Waals surface area contributed by atoms with E-state index in [1.807, 2.05) is 24.3 Å². The van der Waals surface area contributed by atoms with Crippen molar-refractivity contribution in [1.29, 1.82) is 0 Å². The second-order valence-electron chi connectivity index (χ2n) is 9.91. The molecule has 3 aromatic rings. The average molecular weight is 546 g/mol. The molecule has 0 radical (unpaired) electrons. The summed E-state index contributed by atoms with van der Waals surface area (Å²) < 4.78 is 12.0. The SMILES string of the molecule is C=CC(=O)N1CC=C(c2cc3c(Oc4ccc(NC(=O)C5CCCCC5)c(Cl)c4)ccnc3cc2OC)CC1. The Balaban J connectivity index is 1.39. The fourth-order valence-corrected chi connectivity index (χ4v) is 5.51. The zero-order valence-electron chi connectivity index (χ0n) is 22.0. The molecule has 39 heavy (non-hydrogen) atoms. The number of nitrogens with zero attached hydrogens (tertiary/aromatic N) is 2. The normalized spacial score (nSPS) is 15.9. The van der Waals surface area contributed by atoms with Crippen molar-refractivity contribution in [2.75, 3.05) is 25.5 Å². The molecule has 2 amide bonds. The molecule has 8 heteroatoms. The highest BCUT2D eigenvalue weighted by atomic mass is 35.5. The number of pyridine rings is 1. The monoisotopic (exact) mass is 545 g/mol. The van der Waals surface area contributed by atoms with Crippen LogP contribution >= 0.6 is 11.6 Å². The van der Waals surface area contributed by atoms with Crippen LogP contribution in [0.5, 0.6) is 17.2 Å². The molecular formula is C31H32ClN3O4. The minimum Gasteiger partial charge on any atom is -0.496 e. The molecule has 1 aromatic heterocycles. The number of aromatic nitrogens is 1. The molecule has 0 bridgehead atoms. The standard InChI is InChI=1S/C31H32ClN3O4/c1-3-30(36)35-15-12-20(13-16-35)23-18-24-27(19-29(23)38-2)33-14-11-28(24)39-22-9-10-26(25(32)17-22)34-31(37)21-7-5-4-6-8-21/h3,9-12,14,17-19,21H,1,4-8,13,15-16H2,2H3,(H,34,37). The number of halogens is 1. The fraction of sp³-hybridized carbons (Fsp3) is 0.323. The number of ether oxygens (including phenoxy) is 2. The Morgan fingerprint density at radius 2 is 1.95 bits per heavy atom. The number of benzene rings is 2. The number of nitrogens with one attached hydrogen (secondary N) is 1. The van der Waals surface area contributed by atoms with E-state index in [1.54, 1.807) is 36.4 Å². The third kappa shape index (κ3) is 5.93. The number of carbonyl (C=O) groups excluding carboxylic acids is 2. The first-order chi connectivity index (χ1) is 19.0. The van der Waals surface area contributed by atoms with Gasteiger partial charge in [0, 0.05) is 48.3 Å². The van der Waals surface area contributed by atoms with Gasteiger partial charge in [-0.2, -0.15) is 0 Å². The smallest absolute Gasteiger partial charge is 0.246 e. The van der Waals surface area contributed by atoms with Crippen LogP contribution in [0.25, 0.3) is 16.5 Å². The van der Waals surface area contributed by atoms with Gasteiger partial charge in [0.2, 0.25) is 11.8 Å². The van der Waals surface area contributed by atoms with E-state index >= 15 is 0 Å². The van der Waals surface area contributed by atoms with Crippen LogP contribution in [-0.4, -0.2) is 41.9 Å². The molecule has 1 aliphatic heterocycles. The van der Waals surface area contributed by atoms with Crippen LogP contribution in [0.4, 0.5) is 5.69 Å². The molecule has 2 aromatic carbocycles. The lowest BCUT2D eigenvalue weighted by molar-refractivity contribution is -0.125. The maximum Gasteiger partial charge on any atom is 0.246 e. The summed E-state index contributed by atoms with van der Waals surface area (Å²) in [5, 5.41) is 4.23. The van der Waals surface area contributed by atoms with Crippen molar-refractivity contribution in [3.8, 4) is 17.2 Å². The van der Waals surface area contributed by atoms with E-state index in [0.29, 0.717) is 47.5 Å². The first-order valence-electron chi connectivity index (χ1n) is 13.3. The van der Waals surface area contributed by atoms with Crippen molar-refractivity contribution in [1.82, 2.24) is 9.88 Å². The third-order valence-electron chi connectivity index (χ3n) is 7.47. The minimum absolute atomic E-state index is 0.0286. The van der Waals surface area contributed by atoms with Crippen molar-refractivity contribution in [3.63, 3.8) is 0 Å². The quantitative estimate of drug-likeness (QED) is 0.323. The summed E-state index contributed by atoms with van der Waals surface area (Å²) in [7, 11) is 1.64. The molecule has 5 rings (SSSR count). The van der Waals surface area contributed by atoms with Gasteiger partial charge in [0.05, 0.1) is 23.3 Å². The molecule has 0 saturated heterocycles. The molecule has 0 atom stereocenters. The van der Waals surface area contributed by atoms with Gasteiger partial charge in [0.1, 0.15) is 17.2 Å². The van der Waals surface area contributed by atoms with Crippen LogP contribution in [0, 0.1) is 5.92 Å². The zero-order chi connectivity index (χ0) is 27.4. The molecule has 1 aliphatic carbocycles. The average Bonchev–Trinajstić information content (AvgIpc) is 2.98.